The molecule has 1 saturated heterocycles. The molecule has 0 unspecified atom stereocenters. The average molecular weight is 465 g/mol. The van der Waals surface area contributed by atoms with E-state index in [-0.39, 0.29) is 29.0 Å². The van der Waals surface area contributed by atoms with Crippen molar-refractivity contribution in [1.82, 2.24) is 9.97 Å². The van der Waals surface area contributed by atoms with Crippen LogP contribution in [-0.4, -0.2) is 42.2 Å². The first kappa shape index (κ1) is 22.9. The fourth-order valence-electron chi connectivity index (χ4n) is 3.74. The van der Waals surface area contributed by atoms with Crippen LogP contribution >= 0.6 is 0 Å². The van der Waals surface area contributed by atoms with Gasteiger partial charge in [0.15, 0.2) is 11.6 Å². The van der Waals surface area contributed by atoms with Crippen LogP contribution in [0.5, 0.6) is 11.6 Å². The number of piperidine rings is 1. The van der Waals surface area contributed by atoms with Crippen LogP contribution in [0.3, 0.4) is 0 Å². The van der Waals surface area contributed by atoms with E-state index in [0.29, 0.717) is 37.3 Å². The number of ether oxygens (including phenoxy) is 2. The van der Waals surface area contributed by atoms with E-state index in [0.717, 1.165) is 12.1 Å². The molecule has 3 heterocycles. The molecular formula is C24H21F2N5O3. The van der Waals surface area contributed by atoms with Gasteiger partial charge in [-0.1, -0.05) is 0 Å². The molecule has 10 heteroatoms. The Hall–Kier alpha value is -4.26. The van der Waals surface area contributed by atoms with Crippen LogP contribution in [-0.2, 0) is 0 Å². The molecule has 34 heavy (non-hydrogen) atoms. The number of hydrogen-bond acceptors (Lipinski definition) is 7. The molecular weight excluding hydrogens is 444 g/mol. The topological polar surface area (TPSA) is 100 Å². The lowest BCUT2D eigenvalue weighted by molar-refractivity contribution is 0.102. The van der Waals surface area contributed by atoms with E-state index in [9.17, 15) is 18.8 Å². The highest BCUT2D eigenvalue weighted by Gasteiger charge is 2.25. The molecule has 0 bridgehead atoms. The number of nitrogens with one attached hydrogen (secondary N) is 1. The Kier molecular flexibility index (Phi) is 6.82. The lowest BCUT2D eigenvalue weighted by atomic mass is 10.1. The lowest BCUT2D eigenvalue weighted by Crippen LogP contribution is -2.39. The van der Waals surface area contributed by atoms with Crippen molar-refractivity contribution >= 4 is 17.3 Å². The summed E-state index contributed by atoms with van der Waals surface area (Å²) in [6.45, 7) is 1.06. The quantitative estimate of drug-likeness (QED) is 0.589. The molecule has 3 aromatic rings. The number of carbonyl (C=O) groups is 1. The Morgan fingerprint density at radius 2 is 2.00 bits per heavy atom. The molecule has 0 spiro atoms. The third-order valence-electron chi connectivity index (χ3n) is 5.42. The van der Waals surface area contributed by atoms with Gasteiger partial charge in [0.25, 0.3) is 5.91 Å². The van der Waals surface area contributed by atoms with Gasteiger partial charge in [-0.15, -0.1) is 0 Å². The molecule has 4 rings (SSSR count). The van der Waals surface area contributed by atoms with E-state index in [1.807, 2.05) is 11.0 Å². The second-order valence-electron chi connectivity index (χ2n) is 7.59. The molecule has 1 amide bonds. The zero-order valence-electron chi connectivity index (χ0n) is 18.3. The van der Waals surface area contributed by atoms with E-state index in [1.165, 1.54) is 25.6 Å². The van der Waals surface area contributed by atoms with Crippen molar-refractivity contribution in [2.24, 2.45) is 0 Å². The number of rotatable bonds is 6. The highest BCUT2D eigenvalue weighted by molar-refractivity contribution is 6.07. The number of nitriles is 1. The molecule has 0 atom stereocenters. The molecule has 1 fully saturated rings. The van der Waals surface area contributed by atoms with Gasteiger partial charge in [-0.2, -0.15) is 5.26 Å². The minimum Gasteiger partial charge on any atom is -0.487 e. The summed E-state index contributed by atoms with van der Waals surface area (Å²) in [6, 6.07) is 10.1. The van der Waals surface area contributed by atoms with Crippen molar-refractivity contribution in [2.45, 2.75) is 18.9 Å². The van der Waals surface area contributed by atoms with Crippen LogP contribution in [0.1, 0.15) is 28.9 Å². The Morgan fingerprint density at radius 1 is 1.21 bits per heavy atom. The Balaban J connectivity index is 1.49. The fraction of sp³-hybridized carbons (Fsp3) is 0.250. The Morgan fingerprint density at radius 3 is 2.71 bits per heavy atom. The number of halogens is 2. The van der Waals surface area contributed by atoms with E-state index < -0.39 is 17.5 Å². The number of amides is 1. The van der Waals surface area contributed by atoms with Crippen molar-refractivity contribution in [2.75, 3.05) is 30.4 Å². The fourth-order valence-corrected chi connectivity index (χ4v) is 3.74. The van der Waals surface area contributed by atoms with Crippen LogP contribution in [0, 0.1) is 23.0 Å². The molecule has 2 aromatic heterocycles. The minimum absolute atomic E-state index is 0.00824. The van der Waals surface area contributed by atoms with Gasteiger partial charge in [-0.25, -0.2) is 18.7 Å². The van der Waals surface area contributed by atoms with Gasteiger partial charge < -0.3 is 19.7 Å². The summed E-state index contributed by atoms with van der Waals surface area (Å²) in [7, 11) is 1.43. The maximum atomic E-state index is 13.9. The van der Waals surface area contributed by atoms with E-state index in [2.05, 4.69) is 15.3 Å². The molecule has 0 aliphatic carbocycles. The number of pyridine rings is 2. The maximum Gasteiger partial charge on any atom is 0.261 e. The third kappa shape index (κ3) is 5.04. The number of hydrogen-bond donors (Lipinski definition) is 1. The van der Waals surface area contributed by atoms with Gasteiger partial charge >= 0.3 is 0 Å². The second kappa shape index (κ2) is 10.1. The number of aromatic nitrogens is 2. The monoisotopic (exact) mass is 465 g/mol. The Labute approximate surface area is 194 Å². The van der Waals surface area contributed by atoms with E-state index >= 15 is 0 Å². The highest BCUT2D eigenvalue weighted by Crippen LogP contribution is 2.31. The van der Waals surface area contributed by atoms with Crippen molar-refractivity contribution < 1.29 is 23.0 Å². The predicted molar refractivity (Wildman–Crippen MR) is 120 cm³/mol. The number of carbonyl (C=O) groups excluding carboxylic acids is 1. The molecule has 0 radical (unpaired) electrons. The maximum absolute atomic E-state index is 13.9. The average Bonchev–Trinajstić information content (AvgIpc) is 2.86. The van der Waals surface area contributed by atoms with Gasteiger partial charge in [0.2, 0.25) is 5.88 Å². The van der Waals surface area contributed by atoms with Crippen LogP contribution in [0.15, 0.2) is 48.8 Å². The first-order chi connectivity index (χ1) is 16.5. The molecule has 1 aliphatic rings. The van der Waals surface area contributed by atoms with Crippen molar-refractivity contribution in [1.29, 1.82) is 5.26 Å². The van der Waals surface area contributed by atoms with E-state index in [1.54, 1.807) is 18.2 Å². The van der Waals surface area contributed by atoms with Gasteiger partial charge in [-0.05, 0) is 24.3 Å². The van der Waals surface area contributed by atoms with Gasteiger partial charge in [0, 0.05) is 44.3 Å². The van der Waals surface area contributed by atoms with Gasteiger partial charge in [-0.3, -0.25) is 4.79 Å². The normalized spacial score (nSPS) is 13.8. The number of methoxy groups -OCH3 is 1. The van der Waals surface area contributed by atoms with Crippen LogP contribution in [0.2, 0.25) is 0 Å². The summed E-state index contributed by atoms with van der Waals surface area (Å²) in [5, 5.41) is 12.1. The highest BCUT2D eigenvalue weighted by atomic mass is 19.1. The molecule has 8 nitrogen and oxygen atoms in total. The summed E-state index contributed by atoms with van der Waals surface area (Å²) in [5.74, 6) is -1.64. The van der Waals surface area contributed by atoms with Gasteiger partial charge in [0.05, 0.1) is 24.7 Å². The first-order valence-corrected chi connectivity index (χ1v) is 10.6. The summed E-state index contributed by atoms with van der Waals surface area (Å²) < 4.78 is 38.0. The summed E-state index contributed by atoms with van der Waals surface area (Å²) >= 11 is 0. The van der Waals surface area contributed by atoms with E-state index in [4.69, 9.17) is 9.47 Å². The molecule has 1 aromatic carbocycles. The zero-order valence-corrected chi connectivity index (χ0v) is 18.3. The van der Waals surface area contributed by atoms with Crippen molar-refractivity contribution in [3.05, 3.63) is 71.7 Å². The SMILES string of the molecule is COc1ncccc1C(=O)Nc1cnc(C#N)cc1N1CCC(Oc2ccc(F)cc2F)CC1. The van der Waals surface area contributed by atoms with Gasteiger partial charge in [0.1, 0.15) is 29.2 Å². The summed E-state index contributed by atoms with van der Waals surface area (Å²) in [6.07, 6.45) is 3.82. The van der Waals surface area contributed by atoms with Crippen LogP contribution < -0.4 is 19.7 Å². The smallest absolute Gasteiger partial charge is 0.261 e. The largest absolute Gasteiger partial charge is 0.487 e. The standard InChI is InChI=1S/C24H21F2N5O3/c1-33-24-18(3-2-8-28-24)23(32)30-20-14-29-16(13-27)12-21(20)31-9-6-17(7-10-31)34-22-5-4-15(25)11-19(22)26/h2-5,8,11-12,14,17H,6-7,9-10H2,1H3,(H,30,32). The number of benzene rings is 1. The third-order valence-corrected chi connectivity index (χ3v) is 5.42. The first-order valence-electron chi connectivity index (χ1n) is 10.6. The van der Waals surface area contributed by atoms with Crippen LogP contribution in [0.4, 0.5) is 20.2 Å². The summed E-state index contributed by atoms with van der Waals surface area (Å²) in [4.78, 5) is 23.0. The molecule has 174 valence electrons. The van der Waals surface area contributed by atoms with Crippen molar-refractivity contribution in [3.63, 3.8) is 0 Å². The lowest BCUT2D eigenvalue weighted by Gasteiger charge is -2.34. The zero-order chi connectivity index (χ0) is 24.1. The predicted octanol–water partition coefficient (Wildman–Crippen LogP) is 3.94. The molecule has 1 N–H and O–H groups in total. The minimum atomic E-state index is -0.744. The number of anilines is 2. The summed E-state index contributed by atoms with van der Waals surface area (Å²) in [5.41, 5.74) is 1.53. The molecule has 0 saturated carbocycles. The van der Waals surface area contributed by atoms with Crippen molar-refractivity contribution in [3.8, 4) is 17.7 Å². The van der Waals surface area contributed by atoms with Crippen LogP contribution in [0.25, 0.3) is 0 Å². The molecule has 1 aliphatic heterocycles. The number of nitrogens with zero attached hydrogens (tertiary/aromatic N) is 4. The Bertz CT molecular complexity index is 1240. The second-order valence-corrected chi connectivity index (χ2v) is 7.59.